The molecule has 0 unspecified atom stereocenters. The number of ether oxygens (including phenoxy) is 2. The molecule has 6 nitrogen and oxygen atoms in total. The Hall–Kier alpha value is -1.92. The number of rotatable bonds is 7. The Bertz CT molecular complexity index is 643. The largest absolute Gasteiger partial charge is 0.495 e. The summed E-state index contributed by atoms with van der Waals surface area (Å²) in [4.78, 5) is 4.39. The van der Waals surface area contributed by atoms with Crippen LogP contribution in [0.4, 0.5) is 0 Å². The maximum atomic E-state index is 6.05. The lowest BCUT2D eigenvalue weighted by atomic mass is 9.91. The molecule has 1 N–H and O–H groups in total. The van der Waals surface area contributed by atoms with Crippen LogP contribution in [0.5, 0.6) is 5.75 Å². The molecule has 3 heterocycles. The maximum absolute atomic E-state index is 6.05. The second-order valence-electron chi connectivity index (χ2n) is 6.11. The summed E-state index contributed by atoms with van der Waals surface area (Å²) in [5.74, 6) is 1.27. The van der Waals surface area contributed by atoms with Gasteiger partial charge in [0.25, 0.3) is 0 Å². The molecule has 0 bridgehead atoms. The first kappa shape index (κ1) is 16.9. The number of nitrogens with zero attached hydrogens (tertiary/aromatic N) is 3. The van der Waals surface area contributed by atoms with E-state index in [-0.39, 0.29) is 6.10 Å². The molecule has 2 aromatic heterocycles. The van der Waals surface area contributed by atoms with Crippen LogP contribution in [0.1, 0.15) is 37.1 Å². The summed E-state index contributed by atoms with van der Waals surface area (Å²) >= 11 is 0. The fourth-order valence-electron chi connectivity index (χ4n) is 3.24. The molecule has 24 heavy (non-hydrogen) atoms. The first-order chi connectivity index (χ1) is 11.8. The molecular weight excluding hydrogens is 304 g/mol. The summed E-state index contributed by atoms with van der Waals surface area (Å²) in [5.41, 5.74) is 2.12. The molecule has 130 valence electrons. The fourth-order valence-corrected chi connectivity index (χ4v) is 3.24. The summed E-state index contributed by atoms with van der Waals surface area (Å²) in [6.45, 7) is 5.39. The van der Waals surface area contributed by atoms with Gasteiger partial charge in [0.1, 0.15) is 5.75 Å². The van der Waals surface area contributed by atoms with E-state index in [9.17, 15) is 0 Å². The molecule has 1 aliphatic heterocycles. The van der Waals surface area contributed by atoms with E-state index in [0.717, 1.165) is 44.0 Å². The molecule has 1 aliphatic rings. The van der Waals surface area contributed by atoms with Gasteiger partial charge < -0.3 is 14.8 Å². The van der Waals surface area contributed by atoms with Gasteiger partial charge in [0.2, 0.25) is 0 Å². The van der Waals surface area contributed by atoms with Gasteiger partial charge in [0.05, 0.1) is 25.1 Å². The van der Waals surface area contributed by atoms with Crippen LogP contribution < -0.4 is 10.1 Å². The molecular formula is C18H26N4O2. The number of hydrogen-bond acceptors (Lipinski definition) is 5. The highest BCUT2D eigenvalue weighted by Gasteiger charge is 2.28. The molecule has 0 radical (unpaired) electrons. The number of aryl methyl sites for hydroxylation is 1. The van der Waals surface area contributed by atoms with Crippen molar-refractivity contribution in [2.24, 2.45) is 5.92 Å². The average Bonchev–Trinajstić information content (AvgIpc) is 3.11. The van der Waals surface area contributed by atoms with Gasteiger partial charge in [-0.25, -0.2) is 0 Å². The molecule has 0 aliphatic carbocycles. The van der Waals surface area contributed by atoms with Crippen LogP contribution in [-0.4, -0.2) is 35.0 Å². The molecule has 2 aromatic rings. The van der Waals surface area contributed by atoms with E-state index >= 15 is 0 Å². The van der Waals surface area contributed by atoms with Crippen molar-refractivity contribution >= 4 is 0 Å². The molecule has 3 rings (SSSR count). The molecule has 6 heteroatoms. The van der Waals surface area contributed by atoms with Crippen LogP contribution in [0.15, 0.2) is 30.7 Å². The number of pyridine rings is 1. The maximum Gasteiger partial charge on any atom is 0.141 e. The van der Waals surface area contributed by atoms with Crippen LogP contribution in [0, 0.1) is 5.92 Å². The smallest absolute Gasteiger partial charge is 0.141 e. The third kappa shape index (κ3) is 3.94. The van der Waals surface area contributed by atoms with Gasteiger partial charge in [-0.15, -0.1) is 0 Å². The SMILES string of the molecule is CCn1cc([C@@H]2OCCC[C@H]2CNCc2ncccc2OC)cn1. The third-order valence-corrected chi connectivity index (χ3v) is 4.52. The average molecular weight is 330 g/mol. The van der Waals surface area contributed by atoms with Crippen molar-refractivity contribution in [2.45, 2.75) is 39.0 Å². The minimum Gasteiger partial charge on any atom is -0.495 e. The van der Waals surface area contributed by atoms with Crippen molar-refractivity contribution in [3.05, 3.63) is 42.0 Å². The van der Waals surface area contributed by atoms with Gasteiger partial charge in [0.15, 0.2) is 0 Å². The highest BCUT2D eigenvalue weighted by molar-refractivity contribution is 5.26. The highest BCUT2D eigenvalue weighted by atomic mass is 16.5. The zero-order valence-electron chi connectivity index (χ0n) is 14.4. The normalized spacial score (nSPS) is 20.9. The van der Waals surface area contributed by atoms with Gasteiger partial charge in [-0.2, -0.15) is 5.10 Å². The fraction of sp³-hybridized carbons (Fsp3) is 0.556. The van der Waals surface area contributed by atoms with Crippen molar-refractivity contribution in [2.75, 3.05) is 20.3 Å². The Balaban J connectivity index is 1.60. The lowest BCUT2D eigenvalue weighted by Gasteiger charge is -2.31. The van der Waals surface area contributed by atoms with Crippen molar-refractivity contribution in [3.8, 4) is 5.75 Å². The second-order valence-corrected chi connectivity index (χ2v) is 6.11. The topological polar surface area (TPSA) is 61.2 Å². The number of hydrogen-bond donors (Lipinski definition) is 1. The van der Waals surface area contributed by atoms with Crippen LogP contribution in [0.2, 0.25) is 0 Å². The minimum atomic E-state index is 0.122. The quantitative estimate of drug-likeness (QED) is 0.845. The predicted molar refractivity (Wildman–Crippen MR) is 91.8 cm³/mol. The molecule has 0 spiro atoms. The van der Waals surface area contributed by atoms with E-state index in [2.05, 4.69) is 28.5 Å². The van der Waals surface area contributed by atoms with Gasteiger partial charge >= 0.3 is 0 Å². The zero-order chi connectivity index (χ0) is 16.8. The Morgan fingerprint density at radius 2 is 2.38 bits per heavy atom. The first-order valence-electron chi connectivity index (χ1n) is 8.64. The van der Waals surface area contributed by atoms with E-state index < -0.39 is 0 Å². The lowest BCUT2D eigenvalue weighted by Crippen LogP contribution is -2.31. The van der Waals surface area contributed by atoms with E-state index in [1.807, 2.05) is 23.0 Å². The van der Waals surface area contributed by atoms with Crippen molar-refractivity contribution in [3.63, 3.8) is 0 Å². The minimum absolute atomic E-state index is 0.122. The third-order valence-electron chi connectivity index (χ3n) is 4.52. The second kappa shape index (κ2) is 8.26. The highest BCUT2D eigenvalue weighted by Crippen LogP contribution is 2.33. The van der Waals surface area contributed by atoms with E-state index in [1.54, 1.807) is 13.3 Å². The van der Waals surface area contributed by atoms with Crippen LogP contribution in [0.25, 0.3) is 0 Å². The molecule has 0 amide bonds. The summed E-state index contributed by atoms with van der Waals surface area (Å²) < 4.78 is 13.4. The number of nitrogens with one attached hydrogen (secondary N) is 1. The summed E-state index contributed by atoms with van der Waals surface area (Å²) in [7, 11) is 1.68. The molecule has 1 fully saturated rings. The Morgan fingerprint density at radius 3 is 3.17 bits per heavy atom. The summed E-state index contributed by atoms with van der Waals surface area (Å²) in [5, 5.41) is 7.90. The Kier molecular flexibility index (Phi) is 5.82. The summed E-state index contributed by atoms with van der Waals surface area (Å²) in [6, 6.07) is 3.83. The lowest BCUT2D eigenvalue weighted by molar-refractivity contribution is -0.0279. The summed E-state index contributed by atoms with van der Waals surface area (Å²) in [6.07, 6.45) is 8.23. The monoisotopic (exact) mass is 330 g/mol. The molecule has 0 aromatic carbocycles. The van der Waals surface area contributed by atoms with E-state index in [1.165, 1.54) is 5.56 Å². The zero-order valence-corrected chi connectivity index (χ0v) is 14.4. The molecule has 0 saturated carbocycles. The standard InChI is InChI=1S/C18H26N4O2/c1-3-22-13-15(11-21-22)18-14(6-5-9-24-18)10-19-12-16-17(23-2)7-4-8-20-16/h4,7-8,11,13-14,18-19H,3,5-6,9-10,12H2,1-2H3/t14-,18+/m0/s1. The number of methoxy groups -OCH3 is 1. The van der Waals surface area contributed by atoms with Crippen LogP contribution in [0.3, 0.4) is 0 Å². The van der Waals surface area contributed by atoms with Gasteiger partial charge in [-0.05, 0) is 31.9 Å². The van der Waals surface area contributed by atoms with E-state index in [0.29, 0.717) is 12.5 Å². The molecule has 2 atom stereocenters. The number of aromatic nitrogens is 3. The molecule has 1 saturated heterocycles. The first-order valence-corrected chi connectivity index (χ1v) is 8.64. The van der Waals surface area contributed by atoms with Gasteiger partial charge in [-0.1, -0.05) is 0 Å². The Labute approximate surface area is 143 Å². The van der Waals surface area contributed by atoms with Crippen LogP contribution in [-0.2, 0) is 17.8 Å². The van der Waals surface area contributed by atoms with Crippen molar-refractivity contribution < 1.29 is 9.47 Å². The predicted octanol–water partition coefficient (Wildman–Crippen LogP) is 2.56. The van der Waals surface area contributed by atoms with Gasteiger partial charge in [-0.3, -0.25) is 9.67 Å². The Morgan fingerprint density at radius 1 is 1.46 bits per heavy atom. The van der Waals surface area contributed by atoms with E-state index in [4.69, 9.17) is 9.47 Å². The van der Waals surface area contributed by atoms with Crippen LogP contribution >= 0.6 is 0 Å². The van der Waals surface area contributed by atoms with Gasteiger partial charge in [0, 0.05) is 50.1 Å². The van der Waals surface area contributed by atoms with Crippen molar-refractivity contribution in [1.82, 2.24) is 20.1 Å². The van der Waals surface area contributed by atoms with Crippen molar-refractivity contribution in [1.29, 1.82) is 0 Å².